The fourth-order valence-electron chi connectivity index (χ4n) is 2.43. The lowest BCUT2D eigenvalue weighted by atomic mass is 9.94. The van der Waals surface area contributed by atoms with Gasteiger partial charge in [0.2, 0.25) is 5.91 Å². The Morgan fingerprint density at radius 1 is 1.24 bits per heavy atom. The first kappa shape index (κ1) is 14.5. The second kappa shape index (κ2) is 6.39. The standard InChI is InChI=1S/C14H28N2O/c1-5-14(4,6-2)15-12(3)13(17)16-10-8-7-9-11-16/h12,15H,5-11H2,1-4H3. The molecule has 17 heavy (non-hydrogen) atoms. The Kier molecular flexibility index (Phi) is 5.44. The van der Waals surface area contributed by atoms with E-state index in [2.05, 4.69) is 26.1 Å². The molecule has 1 aliphatic heterocycles. The highest BCUT2D eigenvalue weighted by Gasteiger charge is 2.28. The highest BCUT2D eigenvalue weighted by molar-refractivity contribution is 5.81. The first-order chi connectivity index (χ1) is 8.02. The van der Waals surface area contributed by atoms with Crippen LogP contribution in [0.15, 0.2) is 0 Å². The second-order valence-corrected chi connectivity index (χ2v) is 5.52. The van der Waals surface area contributed by atoms with Gasteiger partial charge in [0.05, 0.1) is 6.04 Å². The molecule has 1 aliphatic rings. The molecule has 1 heterocycles. The summed E-state index contributed by atoms with van der Waals surface area (Å²) in [5.41, 5.74) is 0.0882. The predicted molar refractivity (Wildman–Crippen MR) is 72.0 cm³/mol. The molecule has 0 aromatic rings. The number of nitrogens with zero attached hydrogens (tertiary/aromatic N) is 1. The van der Waals surface area contributed by atoms with Crippen molar-refractivity contribution in [3.63, 3.8) is 0 Å². The summed E-state index contributed by atoms with van der Waals surface area (Å²) in [6.45, 7) is 10.4. The van der Waals surface area contributed by atoms with Crippen molar-refractivity contribution < 1.29 is 4.79 Å². The number of likely N-dealkylation sites (tertiary alicyclic amines) is 1. The van der Waals surface area contributed by atoms with Gasteiger partial charge in [-0.25, -0.2) is 0 Å². The number of carbonyl (C=O) groups excluding carboxylic acids is 1. The van der Waals surface area contributed by atoms with Crippen molar-refractivity contribution in [2.24, 2.45) is 0 Å². The van der Waals surface area contributed by atoms with Gasteiger partial charge in [-0.3, -0.25) is 4.79 Å². The van der Waals surface area contributed by atoms with Crippen LogP contribution in [-0.2, 0) is 4.79 Å². The molecule has 0 aliphatic carbocycles. The molecular weight excluding hydrogens is 212 g/mol. The van der Waals surface area contributed by atoms with Crippen molar-refractivity contribution in [2.45, 2.75) is 71.4 Å². The van der Waals surface area contributed by atoms with Gasteiger partial charge in [-0.15, -0.1) is 0 Å². The van der Waals surface area contributed by atoms with Gasteiger partial charge in [-0.2, -0.15) is 0 Å². The van der Waals surface area contributed by atoms with Crippen molar-refractivity contribution in [1.82, 2.24) is 10.2 Å². The van der Waals surface area contributed by atoms with Gasteiger partial charge in [0.25, 0.3) is 0 Å². The molecule has 1 atom stereocenters. The molecule has 3 heteroatoms. The number of hydrogen-bond donors (Lipinski definition) is 1. The molecule has 0 aromatic heterocycles. The molecule has 1 rings (SSSR count). The molecule has 0 aromatic carbocycles. The zero-order chi connectivity index (χ0) is 12.9. The van der Waals surface area contributed by atoms with Crippen LogP contribution in [0, 0.1) is 0 Å². The number of piperidine rings is 1. The first-order valence-electron chi connectivity index (χ1n) is 7.09. The lowest BCUT2D eigenvalue weighted by Gasteiger charge is -2.35. The van der Waals surface area contributed by atoms with Gasteiger partial charge in [0.1, 0.15) is 0 Å². The van der Waals surface area contributed by atoms with Crippen LogP contribution in [0.4, 0.5) is 0 Å². The summed E-state index contributed by atoms with van der Waals surface area (Å²) in [5.74, 6) is 0.276. The maximum Gasteiger partial charge on any atom is 0.239 e. The quantitative estimate of drug-likeness (QED) is 0.801. The molecule has 0 saturated carbocycles. The predicted octanol–water partition coefficient (Wildman–Crippen LogP) is 2.56. The van der Waals surface area contributed by atoms with E-state index in [0.29, 0.717) is 0 Å². The van der Waals surface area contributed by atoms with Crippen molar-refractivity contribution in [1.29, 1.82) is 0 Å². The normalized spacial score (nSPS) is 19.2. The lowest BCUT2D eigenvalue weighted by molar-refractivity contribution is -0.134. The average Bonchev–Trinajstić information content (AvgIpc) is 2.38. The SMILES string of the molecule is CCC(C)(CC)NC(C)C(=O)N1CCCCC1. The maximum atomic E-state index is 12.3. The van der Waals surface area contributed by atoms with Crippen LogP contribution in [0.1, 0.15) is 59.8 Å². The fourth-order valence-corrected chi connectivity index (χ4v) is 2.43. The van der Waals surface area contributed by atoms with Crippen LogP contribution in [0.5, 0.6) is 0 Å². The highest BCUT2D eigenvalue weighted by Crippen LogP contribution is 2.16. The molecule has 1 saturated heterocycles. The van der Waals surface area contributed by atoms with E-state index in [9.17, 15) is 4.79 Å². The Morgan fingerprint density at radius 2 is 1.76 bits per heavy atom. The molecule has 1 N–H and O–H groups in total. The maximum absolute atomic E-state index is 12.3. The van der Waals surface area contributed by atoms with Crippen LogP contribution in [-0.4, -0.2) is 35.5 Å². The van der Waals surface area contributed by atoms with Gasteiger partial charge in [-0.1, -0.05) is 13.8 Å². The zero-order valence-corrected chi connectivity index (χ0v) is 11.9. The van der Waals surface area contributed by atoms with E-state index in [4.69, 9.17) is 0 Å². The Hall–Kier alpha value is -0.570. The van der Waals surface area contributed by atoms with E-state index in [0.717, 1.165) is 38.8 Å². The Labute approximate surface area is 106 Å². The number of rotatable bonds is 5. The minimum absolute atomic E-state index is 0.0574. The first-order valence-corrected chi connectivity index (χ1v) is 7.09. The van der Waals surface area contributed by atoms with Gasteiger partial charge in [-0.05, 0) is 46.0 Å². The van der Waals surface area contributed by atoms with Crippen molar-refractivity contribution in [3.8, 4) is 0 Å². The summed E-state index contributed by atoms with van der Waals surface area (Å²) >= 11 is 0. The molecule has 0 radical (unpaired) electrons. The molecule has 1 amide bonds. The minimum Gasteiger partial charge on any atom is -0.341 e. The van der Waals surface area contributed by atoms with E-state index in [1.54, 1.807) is 0 Å². The Balaban J connectivity index is 2.50. The van der Waals surface area contributed by atoms with Crippen molar-refractivity contribution in [3.05, 3.63) is 0 Å². The van der Waals surface area contributed by atoms with Crippen molar-refractivity contribution >= 4 is 5.91 Å². The van der Waals surface area contributed by atoms with Crippen LogP contribution < -0.4 is 5.32 Å². The second-order valence-electron chi connectivity index (χ2n) is 5.52. The zero-order valence-electron chi connectivity index (χ0n) is 11.9. The Morgan fingerprint density at radius 3 is 2.24 bits per heavy atom. The smallest absolute Gasteiger partial charge is 0.239 e. The van der Waals surface area contributed by atoms with E-state index >= 15 is 0 Å². The van der Waals surface area contributed by atoms with Crippen LogP contribution in [0.3, 0.4) is 0 Å². The Bertz CT molecular complexity index is 243. The molecule has 1 unspecified atom stereocenters. The lowest BCUT2D eigenvalue weighted by Crippen LogP contribution is -2.54. The summed E-state index contributed by atoms with van der Waals surface area (Å²) in [7, 11) is 0. The number of amides is 1. The van der Waals surface area contributed by atoms with Crippen LogP contribution in [0.25, 0.3) is 0 Å². The summed E-state index contributed by atoms with van der Waals surface area (Å²) in [5, 5.41) is 3.50. The summed E-state index contributed by atoms with van der Waals surface area (Å²) in [4.78, 5) is 14.3. The third-order valence-corrected chi connectivity index (χ3v) is 4.16. The molecular formula is C14H28N2O. The summed E-state index contributed by atoms with van der Waals surface area (Å²) < 4.78 is 0. The van der Waals surface area contributed by atoms with Gasteiger partial charge < -0.3 is 10.2 Å². The van der Waals surface area contributed by atoms with Gasteiger partial charge >= 0.3 is 0 Å². The number of carbonyl (C=O) groups is 1. The molecule has 1 fully saturated rings. The van der Waals surface area contributed by atoms with Gasteiger partial charge in [0.15, 0.2) is 0 Å². The van der Waals surface area contributed by atoms with E-state index in [1.807, 2.05) is 11.8 Å². The minimum atomic E-state index is -0.0574. The fraction of sp³-hybridized carbons (Fsp3) is 0.929. The summed E-state index contributed by atoms with van der Waals surface area (Å²) in [6, 6.07) is -0.0574. The third kappa shape index (κ3) is 3.98. The van der Waals surface area contributed by atoms with Gasteiger partial charge in [0, 0.05) is 18.6 Å². The van der Waals surface area contributed by atoms with Crippen LogP contribution >= 0.6 is 0 Å². The van der Waals surface area contributed by atoms with E-state index < -0.39 is 0 Å². The molecule has 100 valence electrons. The largest absolute Gasteiger partial charge is 0.341 e. The molecule has 3 nitrogen and oxygen atoms in total. The topological polar surface area (TPSA) is 32.3 Å². The number of hydrogen-bond acceptors (Lipinski definition) is 2. The highest BCUT2D eigenvalue weighted by atomic mass is 16.2. The number of nitrogens with one attached hydrogen (secondary N) is 1. The van der Waals surface area contributed by atoms with Crippen molar-refractivity contribution in [2.75, 3.05) is 13.1 Å². The monoisotopic (exact) mass is 240 g/mol. The van der Waals surface area contributed by atoms with E-state index in [-0.39, 0.29) is 17.5 Å². The summed E-state index contributed by atoms with van der Waals surface area (Å²) in [6.07, 6.45) is 5.71. The van der Waals surface area contributed by atoms with E-state index in [1.165, 1.54) is 6.42 Å². The average molecular weight is 240 g/mol. The molecule has 0 spiro atoms. The molecule has 0 bridgehead atoms. The third-order valence-electron chi connectivity index (χ3n) is 4.16. The van der Waals surface area contributed by atoms with Crippen LogP contribution in [0.2, 0.25) is 0 Å².